The number of nitrogens with zero attached hydrogens (tertiary/aromatic N) is 1. The van der Waals surface area contributed by atoms with Crippen LogP contribution in [0.5, 0.6) is 5.75 Å². The maximum absolute atomic E-state index is 12.9. The van der Waals surface area contributed by atoms with Crippen molar-refractivity contribution in [3.05, 3.63) is 65.2 Å². The van der Waals surface area contributed by atoms with E-state index in [1.807, 2.05) is 25.1 Å². The zero-order valence-electron chi connectivity index (χ0n) is 13.8. The Labute approximate surface area is 140 Å². The number of rotatable bonds is 6. The van der Waals surface area contributed by atoms with Gasteiger partial charge in [0.25, 0.3) is 0 Å². The van der Waals surface area contributed by atoms with Crippen LogP contribution in [0.2, 0.25) is 0 Å². The minimum absolute atomic E-state index is 0.158. The van der Waals surface area contributed by atoms with Gasteiger partial charge < -0.3 is 10.0 Å². The van der Waals surface area contributed by atoms with Crippen molar-refractivity contribution in [3.63, 3.8) is 0 Å². The molecule has 0 spiro atoms. The monoisotopic (exact) mass is 337 g/mol. The fourth-order valence-electron chi connectivity index (χ4n) is 2.94. The third-order valence-corrected chi connectivity index (χ3v) is 3.84. The predicted octanol–water partition coefficient (Wildman–Crippen LogP) is 4.37. The molecule has 0 radical (unpaired) electrons. The smallest absolute Gasteiger partial charge is 0.416 e. The van der Waals surface area contributed by atoms with Gasteiger partial charge in [-0.1, -0.05) is 30.3 Å². The van der Waals surface area contributed by atoms with Crippen molar-refractivity contribution in [2.24, 2.45) is 5.92 Å². The molecule has 1 atom stereocenters. The zero-order chi connectivity index (χ0) is 17.7. The van der Waals surface area contributed by atoms with Crippen LogP contribution >= 0.6 is 0 Å². The van der Waals surface area contributed by atoms with Crippen LogP contribution in [0, 0.1) is 5.92 Å². The summed E-state index contributed by atoms with van der Waals surface area (Å²) in [4.78, 5) is 2.03. The largest absolute Gasteiger partial charge is 0.508 e. The lowest BCUT2D eigenvalue weighted by Gasteiger charge is -2.22. The summed E-state index contributed by atoms with van der Waals surface area (Å²) in [7, 11) is 3.89. The Morgan fingerprint density at radius 1 is 0.958 bits per heavy atom. The van der Waals surface area contributed by atoms with Crippen LogP contribution < -0.4 is 0 Å². The minimum atomic E-state index is -4.32. The fourth-order valence-corrected chi connectivity index (χ4v) is 2.94. The molecule has 0 saturated carbocycles. The van der Waals surface area contributed by atoms with Gasteiger partial charge in [0.1, 0.15) is 5.75 Å². The second-order valence-corrected chi connectivity index (χ2v) is 6.40. The van der Waals surface area contributed by atoms with E-state index in [2.05, 4.69) is 0 Å². The molecule has 0 heterocycles. The van der Waals surface area contributed by atoms with Crippen molar-refractivity contribution >= 4 is 0 Å². The van der Waals surface area contributed by atoms with Gasteiger partial charge in [-0.05, 0) is 62.2 Å². The molecule has 2 aromatic rings. The summed E-state index contributed by atoms with van der Waals surface area (Å²) in [6, 6.07) is 12.5. The Morgan fingerprint density at radius 2 is 1.54 bits per heavy atom. The first-order valence-electron chi connectivity index (χ1n) is 7.83. The summed E-state index contributed by atoms with van der Waals surface area (Å²) in [5.41, 5.74) is 1.05. The SMILES string of the molecule is CN(C)CC(Cc1cccc(O)c1)Cc1cccc(C(F)(F)F)c1. The van der Waals surface area contributed by atoms with Crippen LogP contribution in [0.4, 0.5) is 13.2 Å². The summed E-state index contributed by atoms with van der Waals surface area (Å²) < 4.78 is 38.6. The van der Waals surface area contributed by atoms with E-state index in [-0.39, 0.29) is 11.7 Å². The lowest BCUT2D eigenvalue weighted by atomic mass is 9.91. The van der Waals surface area contributed by atoms with Gasteiger partial charge in [-0.25, -0.2) is 0 Å². The molecular formula is C19H22F3NO. The standard InChI is InChI=1S/C19H22F3NO/c1-23(2)13-16(10-15-6-4-8-18(24)12-15)9-14-5-3-7-17(11-14)19(20,21)22/h3-8,11-12,16,24H,9-10,13H2,1-2H3. The van der Waals surface area contributed by atoms with Crippen LogP contribution in [-0.4, -0.2) is 30.6 Å². The van der Waals surface area contributed by atoms with Crippen molar-refractivity contribution in [1.82, 2.24) is 4.90 Å². The molecular weight excluding hydrogens is 315 g/mol. The van der Waals surface area contributed by atoms with Crippen LogP contribution in [0.3, 0.4) is 0 Å². The normalized spacial score (nSPS) is 13.2. The average Bonchev–Trinajstić information content (AvgIpc) is 2.46. The Kier molecular flexibility index (Phi) is 5.89. The molecule has 2 aromatic carbocycles. The second-order valence-electron chi connectivity index (χ2n) is 6.40. The fraction of sp³-hybridized carbons (Fsp3) is 0.368. The number of phenols is 1. The summed E-state index contributed by atoms with van der Waals surface area (Å²) in [5, 5.41) is 9.59. The molecule has 130 valence electrons. The van der Waals surface area contributed by atoms with E-state index >= 15 is 0 Å². The van der Waals surface area contributed by atoms with E-state index in [4.69, 9.17) is 0 Å². The number of benzene rings is 2. The van der Waals surface area contributed by atoms with E-state index in [1.165, 1.54) is 12.1 Å². The number of halogens is 3. The van der Waals surface area contributed by atoms with Gasteiger partial charge in [0.2, 0.25) is 0 Å². The molecule has 0 aromatic heterocycles. The van der Waals surface area contributed by atoms with Crippen molar-refractivity contribution in [2.45, 2.75) is 19.0 Å². The number of alkyl halides is 3. The molecule has 0 fully saturated rings. The molecule has 1 unspecified atom stereocenters. The molecule has 0 amide bonds. The summed E-state index contributed by atoms with van der Waals surface area (Å²) in [6.07, 6.45) is -3.07. The van der Waals surface area contributed by atoms with E-state index in [9.17, 15) is 18.3 Å². The first-order valence-corrected chi connectivity index (χ1v) is 7.83. The third-order valence-electron chi connectivity index (χ3n) is 3.84. The summed E-state index contributed by atoms with van der Waals surface area (Å²) in [5.74, 6) is 0.362. The van der Waals surface area contributed by atoms with Crippen LogP contribution in [0.15, 0.2) is 48.5 Å². The number of phenolic OH excluding ortho intramolecular Hbond substituents is 1. The lowest BCUT2D eigenvalue weighted by molar-refractivity contribution is -0.137. The van der Waals surface area contributed by atoms with Gasteiger partial charge in [0.05, 0.1) is 5.56 Å². The Morgan fingerprint density at radius 3 is 2.08 bits per heavy atom. The van der Waals surface area contributed by atoms with Gasteiger partial charge in [-0.2, -0.15) is 13.2 Å². The molecule has 2 nitrogen and oxygen atoms in total. The molecule has 0 aliphatic heterocycles. The van der Waals surface area contributed by atoms with Gasteiger partial charge in [0, 0.05) is 6.54 Å². The molecule has 0 bridgehead atoms. The quantitative estimate of drug-likeness (QED) is 0.846. The molecule has 0 saturated heterocycles. The Hall–Kier alpha value is -2.01. The molecule has 24 heavy (non-hydrogen) atoms. The van der Waals surface area contributed by atoms with Gasteiger partial charge in [0.15, 0.2) is 0 Å². The number of hydrogen-bond acceptors (Lipinski definition) is 2. The highest BCUT2D eigenvalue weighted by Crippen LogP contribution is 2.30. The minimum Gasteiger partial charge on any atom is -0.508 e. The van der Waals surface area contributed by atoms with E-state index in [0.717, 1.165) is 18.2 Å². The Balaban J connectivity index is 2.17. The van der Waals surface area contributed by atoms with Gasteiger partial charge in [-0.3, -0.25) is 0 Å². The van der Waals surface area contributed by atoms with Crippen molar-refractivity contribution in [3.8, 4) is 5.75 Å². The lowest BCUT2D eigenvalue weighted by Crippen LogP contribution is -2.25. The summed E-state index contributed by atoms with van der Waals surface area (Å²) >= 11 is 0. The van der Waals surface area contributed by atoms with E-state index in [0.29, 0.717) is 18.4 Å². The van der Waals surface area contributed by atoms with Crippen molar-refractivity contribution in [1.29, 1.82) is 0 Å². The van der Waals surface area contributed by atoms with Gasteiger partial charge >= 0.3 is 6.18 Å². The van der Waals surface area contributed by atoms with Crippen LogP contribution in [-0.2, 0) is 19.0 Å². The first kappa shape index (κ1) is 18.3. The van der Waals surface area contributed by atoms with E-state index < -0.39 is 11.7 Å². The summed E-state index contributed by atoms with van der Waals surface area (Å²) in [6.45, 7) is 0.756. The second kappa shape index (κ2) is 7.71. The van der Waals surface area contributed by atoms with Crippen LogP contribution in [0.1, 0.15) is 16.7 Å². The predicted molar refractivity (Wildman–Crippen MR) is 89.0 cm³/mol. The van der Waals surface area contributed by atoms with Gasteiger partial charge in [-0.15, -0.1) is 0 Å². The molecule has 5 heteroatoms. The first-order chi connectivity index (χ1) is 11.2. The highest BCUT2D eigenvalue weighted by molar-refractivity contribution is 5.29. The topological polar surface area (TPSA) is 23.5 Å². The highest BCUT2D eigenvalue weighted by Gasteiger charge is 2.30. The van der Waals surface area contributed by atoms with Crippen LogP contribution in [0.25, 0.3) is 0 Å². The molecule has 0 aliphatic carbocycles. The maximum Gasteiger partial charge on any atom is 0.416 e. The third kappa shape index (κ3) is 5.57. The number of aromatic hydroxyl groups is 1. The average molecular weight is 337 g/mol. The molecule has 1 N–H and O–H groups in total. The van der Waals surface area contributed by atoms with E-state index in [1.54, 1.807) is 24.3 Å². The highest BCUT2D eigenvalue weighted by atomic mass is 19.4. The number of hydrogen-bond donors (Lipinski definition) is 1. The maximum atomic E-state index is 12.9. The zero-order valence-corrected chi connectivity index (χ0v) is 13.8. The van der Waals surface area contributed by atoms with Crippen molar-refractivity contribution < 1.29 is 18.3 Å². The molecule has 0 aliphatic rings. The molecule has 2 rings (SSSR count). The Bertz CT molecular complexity index is 668. The van der Waals surface area contributed by atoms with Crippen molar-refractivity contribution in [2.75, 3.05) is 20.6 Å².